The summed E-state index contributed by atoms with van der Waals surface area (Å²) in [5, 5.41) is 0. The molecule has 1 heterocycles. The quantitative estimate of drug-likeness (QED) is 0.194. The van der Waals surface area contributed by atoms with Gasteiger partial charge in [-0.05, 0) is 6.42 Å². The van der Waals surface area contributed by atoms with Gasteiger partial charge in [0.2, 0.25) is 0 Å². The zero-order valence-electron chi connectivity index (χ0n) is 18.6. The smallest absolute Gasteiger partial charge is 0.183 e. The predicted octanol–water partition coefficient (Wildman–Crippen LogP) is 8.63. The van der Waals surface area contributed by atoms with Crippen LogP contribution in [0.15, 0.2) is 4.99 Å². The van der Waals surface area contributed by atoms with Crippen molar-refractivity contribution < 1.29 is 4.74 Å². The lowest BCUT2D eigenvalue weighted by atomic mass is 10.0. The highest BCUT2D eigenvalue weighted by Gasteiger charge is 2.04. The lowest BCUT2D eigenvalue weighted by Crippen LogP contribution is -2.13. The van der Waals surface area contributed by atoms with Crippen molar-refractivity contribution in [1.82, 2.24) is 0 Å². The van der Waals surface area contributed by atoms with Gasteiger partial charge < -0.3 is 4.74 Å². The van der Waals surface area contributed by atoms with Crippen LogP contribution < -0.4 is 0 Å². The van der Waals surface area contributed by atoms with Crippen LogP contribution in [0, 0.1) is 0 Å². The fourth-order valence-electron chi connectivity index (χ4n) is 4.01. The lowest BCUT2D eigenvalue weighted by molar-refractivity contribution is 0.272. The Morgan fingerprint density at radius 3 is 1.37 bits per heavy atom. The summed E-state index contributed by atoms with van der Waals surface area (Å²) >= 11 is 0. The Morgan fingerprint density at radius 1 is 0.593 bits per heavy atom. The fraction of sp³-hybridized carbons (Fsp3) is 0.960. The van der Waals surface area contributed by atoms with Gasteiger partial charge in [0.25, 0.3) is 0 Å². The van der Waals surface area contributed by atoms with Gasteiger partial charge in [-0.1, -0.05) is 122 Å². The molecule has 0 aromatic rings. The zero-order chi connectivity index (χ0) is 19.3. The predicted molar refractivity (Wildman–Crippen MR) is 121 cm³/mol. The summed E-state index contributed by atoms with van der Waals surface area (Å²) in [5.41, 5.74) is 0. The minimum atomic E-state index is 0.887. The van der Waals surface area contributed by atoms with Crippen molar-refractivity contribution in [2.24, 2.45) is 4.99 Å². The molecule has 1 aliphatic rings. The first-order valence-corrected chi connectivity index (χ1v) is 12.6. The number of nitrogens with zero attached hydrogens (tertiary/aromatic N) is 1. The molecule has 0 aromatic carbocycles. The minimum Gasteiger partial charge on any atom is -0.481 e. The van der Waals surface area contributed by atoms with E-state index < -0.39 is 0 Å². The Bertz CT molecular complexity index is 326. The van der Waals surface area contributed by atoms with Crippen molar-refractivity contribution in [3.8, 4) is 0 Å². The molecular weight excluding hydrogens is 330 g/mol. The Hall–Kier alpha value is -0.530. The molecule has 0 N–H and O–H groups in total. The molecule has 0 saturated heterocycles. The van der Waals surface area contributed by atoms with Crippen molar-refractivity contribution in [2.75, 3.05) is 13.2 Å². The van der Waals surface area contributed by atoms with Crippen LogP contribution in [-0.4, -0.2) is 19.0 Å². The summed E-state index contributed by atoms with van der Waals surface area (Å²) < 4.78 is 5.56. The van der Waals surface area contributed by atoms with Gasteiger partial charge in [-0.3, -0.25) is 4.99 Å². The van der Waals surface area contributed by atoms with Crippen LogP contribution in [0.25, 0.3) is 0 Å². The van der Waals surface area contributed by atoms with Crippen LogP contribution >= 0.6 is 0 Å². The molecule has 0 saturated carbocycles. The van der Waals surface area contributed by atoms with Crippen molar-refractivity contribution in [1.29, 1.82) is 0 Å². The Morgan fingerprint density at radius 2 is 1.00 bits per heavy atom. The topological polar surface area (TPSA) is 21.6 Å². The monoisotopic (exact) mass is 379 g/mol. The van der Waals surface area contributed by atoms with Crippen molar-refractivity contribution >= 4 is 5.90 Å². The minimum absolute atomic E-state index is 0.887. The molecule has 0 aliphatic carbocycles. The van der Waals surface area contributed by atoms with Gasteiger partial charge in [-0.25, -0.2) is 0 Å². The first-order valence-electron chi connectivity index (χ1n) is 12.6. The molecule has 0 radical (unpaired) electrons. The molecule has 2 heteroatoms. The van der Waals surface area contributed by atoms with Gasteiger partial charge in [-0.2, -0.15) is 0 Å². The number of aliphatic imine (C=N–C) groups is 1. The van der Waals surface area contributed by atoms with Crippen molar-refractivity contribution in [3.05, 3.63) is 0 Å². The zero-order valence-corrected chi connectivity index (χ0v) is 18.6. The Balaban J connectivity index is 1.66. The number of hydrogen-bond donors (Lipinski definition) is 0. The lowest BCUT2D eigenvalue weighted by Gasteiger charge is -2.13. The molecule has 2 nitrogen and oxygen atoms in total. The average molecular weight is 380 g/mol. The summed E-state index contributed by atoms with van der Waals surface area (Å²) in [6, 6.07) is 0. The number of hydrogen-bond acceptors (Lipinski definition) is 2. The molecular formula is C25H49NO. The molecule has 0 aromatic heterocycles. The molecule has 0 unspecified atom stereocenters. The normalized spacial score (nSPS) is 14.2. The Kier molecular flexibility index (Phi) is 18.3. The van der Waals surface area contributed by atoms with Crippen molar-refractivity contribution in [2.45, 2.75) is 142 Å². The van der Waals surface area contributed by atoms with Gasteiger partial charge in [-0.15, -0.1) is 0 Å². The molecule has 1 aliphatic heterocycles. The summed E-state index contributed by atoms with van der Waals surface area (Å²) in [6.45, 7) is 4.17. The first kappa shape index (κ1) is 24.5. The van der Waals surface area contributed by atoms with Gasteiger partial charge in [0.05, 0.1) is 6.61 Å². The molecule has 0 spiro atoms. The number of ether oxygens (including phenoxy) is 1. The third kappa shape index (κ3) is 17.3. The van der Waals surface area contributed by atoms with E-state index >= 15 is 0 Å². The summed E-state index contributed by atoms with van der Waals surface area (Å²) in [4.78, 5) is 4.44. The highest BCUT2D eigenvalue weighted by Crippen LogP contribution is 2.15. The van der Waals surface area contributed by atoms with Crippen LogP contribution in [-0.2, 0) is 4.74 Å². The van der Waals surface area contributed by atoms with E-state index in [9.17, 15) is 0 Å². The van der Waals surface area contributed by atoms with E-state index in [4.69, 9.17) is 4.74 Å². The van der Waals surface area contributed by atoms with E-state index in [0.717, 1.165) is 31.9 Å². The summed E-state index contributed by atoms with van der Waals surface area (Å²) in [7, 11) is 0. The number of rotatable bonds is 20. The van der Waals surface area contributed by atoms with Gasteiger partial charge in [0.1, 0.15) is 0 Å². The van der Waals surface area contributed by atoms with E-state index in [1.165, 1.54) is 122 Å². The van der Waals surface area contributed by atoms with Crippen LogP contribution in [0.3, 0.4) is 0 Å². The standard InChI is InChI=1S/C25H49NO/c1-2-3-4-5-6-7-8-9-10-11-12-13-14-15-16-17-18-19-20-22-25-26-23-21-24-27-25/h2-24H2,1H3. The highest BCUT2D eigenvalue weighted by molar-refractivity contribution is 5.76. The van der Waals surface area contributed by atoms with E-state index in [1.807, 2.05) is 0 Å². The van der Waals surface area contributed by atoms with Gasteiger partial charge in [0.15, 0.2) is 5.90 Å². The van der Waals surface area contributed by atoms with E-state index in [1.54, 1.807) is 0 Å². The van der Waals surface area contributed by atoms with Crippen LogP contribution in [0.1, 0.15) is 142 Å². The SMILES string of the molecule is CCCCCCCCCCCCCCCCCCCCCC1=NCCCO1. The molecule has 0 amide bonds. The Labute approximate surface area is 171 Å². The van der Waals surface area contributed by atoms with Crippen LogP contribution in [0.2, 0.25) is 0 Å². The highest BCUT2D eigenvalue weighted by atomic mass is 16.5. The third-order valence-corrected chi connectivity index (χ3v) is 5.85. The molecule has 27 heavy (non-hydrogen) atoms. The van der Waals surface area contributed by atoms with Crippen LogP contribution in [0.4, 0.5) is 0 Å². The second kappa shape index (κ2) is 20.2. The van der Waals surface area contributed by atoms with Crippen molar-refractivity contribution in [3.63, 3.8) is 0 Å². The van der Waals surface area contributed by atoms with Gasteiger partial charge >= 0.3 is 0 Å². The summed E-state index contributed by atoms with van der Waals surface area (Å²) in [5.74, 6) is 1.02. The number of unbranched alkanes of at least 4 members (excludes halogenated alkanes) is 18. The maximum absolute atomic E-state index is 5.56. The molecule has 0 bridgehead atoms. The van der Waals surface area contributed by atoms with E-state index in [-0.39, 0.29) is 0 Å². The summed E-state index contributed by atoms with van der Waals surface area (Å²) in [6.07, 6.45) is 29.5. The third-order valence-electron chi connectivity index (χ3n) is 5.85. The largest absolute Gasteiger partial charge is 0.481 e. The van der Waals surface area contributed by atoms with Crippen LogP contribution in [0.5, 0.6) is 0 Å². The second-order valence-electron chi connectivity index (χ2n) is 8.59. The second-order valence-corrected chi connectivity index (χ2v) is 8.59. The molecule has 0 fully saturated rings. The fourth-order valence-corrected chi connectivity index (χ4v) is 4.01. The molecule has 0 atom stereocenters. The maximum Gasteiger partial charge on any atom is 0.183 e. The average Bonchev–Trinajstić information content (AvgIpc) is 2.70. The van der Waals surface area contributed by atoms with E-state index in [0.29, 0.717) is 0 Å². The van der Waals surface area contributed by atoms with E-state index in [2.05, 4.69) is 11.9 Å². The first-order chi connectivity index (χ1) is 13.4. The molecule has 160 valence electrons. The maximum atomic E-state index is 5.56. The molecule has 1 rings (SSSR count). The van der Waals surface area contributed by atoms with Gasteiger partial charge in [0, 0.05) is 19.4 Å².